The highest BCUT2D eigenvalue weighted by Gasteiger charge is 2.27. The molecule has 1 saturated heterocycles. The van der Waals surface area contributed by atoms with E-state index in [1.807, 2.05) is 41.5 Å². The van der Waals surface area contributed by atoms with Gasteiger partial charge in [-0.15, -0.1) is 11.3 Å². The zero-order valence-electron chi connectivity index (χ0n) is 14.1. The molecule has 2 atom stereocenters. The molecule has 2 heterocycles. The van der Waals surface area contributed by atoms with Crippen molar-refractivity contribution in [1.29, 1.82) is 0 Å². The summed E-state index contributed by atoms with van der Waals surface area (Å²) in [5, 5.41) is 2.64. The minimum Gasteiger partial charge on any atom is -0.496 e. The lowest BCUT2D eigenvalue weighted by molar-refractivity contribution is 0.0656. The molecule has 5 nitrogen and oxygen atoms in total. The third-order valence-electron chi connectivity index (χ3n) is 4.55. The average Bonchev–Trinajstić information content (AvgIpc) is 3.11. The predicted molar refractivity (Wildman–Crippen MR) is 96.4 cm³/mol. The third kappa shape index (κ3) is 3.44. The first-order valence-electron chi connectivity index (χ1n) is 8.24. The van der Waals surface area contributed by atoms with Gasteiger partial charge in [0.05, 0.1) is 12.7 Å². The Balaban J connectivity index is 1.79. The molecular weight excluding hydrogens is 322 g/mol. The monoisotopic (exact) mass is 345 g/mol. The van der Waals surface area contributed by atoms with Crippen LogP contribution in [0.2, 0.25) is 0 Å². The average molecular weight is 345 g/mol. The number of piperidine rings is 1. The summed E-state index contributed by atoms with van der Waals surface area (Å²) in [6, 6.07) is 7.83. The van der Waals surface area contributed by atoms with Gasteiger partial charge >= 0.3 is 0 Å². The minimum atomic E-state index is -0.00209. The van der Waals surface area contributed by atoms with Crippen LogP contribution in [0.25, 0.3) is 10.6 Å². The van der Waals surface area contributed by atoms with Crippen LogP contribution in [-0.4, -0.2) is 42.0 Å². The maximum absolute atomic E-state index is 12.8. The van der Waals surface area contributed by atoms with Gasteiger partial charge in [-0.25, -0.2) is 4.98 Å². The summed E-state index contributed by atoms with van der Waals surface area (Å²) in [7, 11) is 1.64. The molecule has 24 heavy (non-hydrogen) atoms. The summed E-state index contributed by atoms with van der Waals surface area (Å²) >= 11 is 1.47. The molecule has 1 fully saturated rings. The van der Waals surface area contributed by atoms with E-state index in [1.165, 1.54) is 11.3 Å². The molecule has 1 aliphatic heterocycles. The molecule has 0 aliphatic carbocycles. The molecule has 0 bridgehead atoms. The number of rotatable bonds is 4. The van der Waals surface area contributed by atoms with E-state index in [9.17, 15) is 4.79 Å². The summed E-state index contributed by atoms with van der Waals surface area (Å²) < 4.78 is 5.38. The Morgan fingerprint density at radius 3 is 3.00 bits per heavy atom. The highest BCUT2D eigenvalue weighted by molar-refractivity contribution is 7.13. The second-order valence-corrected chi connectivity index (χ2v) is 7.11. The number of para-hydroxylation sites is 1. The van der Waals surface area contributed by atoms with Crippen LogP contribution in [0, 0.1) is 5.92 Å². The fourth-order valence-corrected chi connectivity index (χ4v) is 3.93. The molecule has 1 aromatic carbocycles. The van der Waals surface area contributed by atoms with Gasteiger partial charge in [0.2, 0.25) is 0 Å². The highest BCUT2D eigenvalue weighted by atomic mass is 32.1. The number of benzene rings is 1. The first kappa shape index (κ1) is 16.9. The summed E-state index contributed by atoms with van der Waals surface area (Å²) in [5.74, 6) is 1.13. The summed E-state index contributed by atoms with van der Waals surface area (Å²) in [6.07, 6.45) is 2.09. The second kappa shape index (κ2) is 7.32. The predicted octanol–water partition coefficient (Wildman–Crippen LogP) is 3.02. The molecule has 1 aromatic heterocycles. The van der Waals surface area contributed by atoms with Crippen LogP contribution in [-0.2, 0) is 0 Å². The normalized spacial score (nSPS) is 19.1. The molecule has 3 rings (SSSR count). The van der Waals surface area contributed by atoms with Gasteiger partial charge in [0, 0.05) is 24.5 Å². The molecule has 0 spiro atoms. The van der Waals surface area contributed by atoms with E-state index in [2.05, 4.69) is 4.98 Å². The number of carbonyl (C=O) groups is 1. The number of ether oxygens (including phenoxy) is 1. The van der Waals surface area contributed by atoms with Gasteiger partial charge in [-0.05, 0) is 37.8 Å². The Labute approximate surface area is 146 Å². The van der Waals surface area contributed by atoms with E-state index >= 15 is 0 Å². The molecule has 6 heteroatoms. The fraction of sp³-hybridized carbons (Fsp3) is 0.444. The van der Waals surface area contributed by atoms with Crippen LogP contribution in [0.15, 0.2) is 29.6 Å². The Bertz CT molecular complexity index is 714. The van der Waals surface area contributed by atoms with E-state index < -0.39 is 0 Å². The lowest BCUT2D eigenvalue weighted by Crippen LogP contribution is -2.45. The zero-order valence-corrected chi connectivity index (χ0v) is 14.9. The molecule has 1 aliphatic rings. The topological polar surface area (TPSA) is 68.5 Å². The molecule has 1 amide bonds. The highest BCUT2D eigenvalue weighted by Crippen LogP contribution is 2.32. The van der Waals surface area contributed by atoms with Crippen LogP contribution in [0.1, 0.15) is 30.3 Å². The number of aromatic nitrogens is 1. The largest absolute Gasteiger partial charge is 0.496 e. The molecule has 128 valence electrons. The summed E-state index contributed by atoms with van der Waals surface area (Å²) in [5.41, 5.74) is 7.43. The van der Waals surface area contributed by atoms with Crippen molar-refractivity contribution in [3.05, 3.63) is 35.3 Å². The van der Waals surface area contributed by atoms with Crippen molar-refractivity contribution in [2.24, 2.45) is 11.7 Å². The number of methoxy groups -OCH3 is 1. The van der Waals surface area contributed by atoms with Gasteiger partial charge in [-0.1, -0.05) is 12.1 Å². The fourth-order valence-electron chi connectivity index (χ4n) is 3.10. The molecule has 2 N–H and O–H groups in total. The number of hydrogen-bond donors (Lipinski definition) is 1. The number of hydrogen-bond acceptors (Lipinski definition) is 5. The van der Waals surface area contributed by atoms with Crippen molar-refractivity contribution in [2.45, 2.75) is 25.8 Å². The Morgan fingerprint density at radius 1 is 1.46 bits per heavy atom. The summed E-state index contributed by atoms with van der Waals surface area (Å²) in [4.78, 5) is 19.2. The zero-order chi connectivity index (χ0) is 17.1. The van der Waals surface area contributed by atoms with Gasteiger partial charge in [-0.3, -0.25) is 4.79 Å². The maximum Gasteiger partial charge on any atom is 0.273 e. The first-order valence-corrected chi connectivity index (χ1v) is 9.12. The van der Waals surface area contributed by atoms with E-state index in [0.717, 1.165) is 42.3 Å². The Hall–Kier alpha value is -1.92. The van der Waals surface area contributed by atoms with E-state index in [4.69, 9.17) is 10.5 Å². The van der Waals surface area contributed by atoms with Crippen LogP contribution in [0.3, 0.4) is 0 Å². The summed E-state index contributed by atoms with van der Waals surface area (Å²) in [6.45, 7) is 3.52. The smallest absolute Gasteiger partial charge is 0.273 e. The Kier molecular flexibility index (Phi) is 5.16. The number of likely N-dealkylation sites (tertiary alicyclic amines) is 1. The van der Waals surface area contributed by atoms with Crippen LogP contribution < -0.4 is 10.5 Å². The number of nitrogens with two attached hydrogens (primary N) is 1. The van der Waals surface area contributed by atoms with E-state index in [0.29, 0.717) is 11.6 Å². The van der Waals surface area contributed by atoms with Gasteiger partial charge < -0.3 is 15.4 Å². The lowest BCUT2D eigenvalue weighted by atomic mass is 9.92. The van der Waals surface area contributed by atoms with Gasteiger partial charge in [0.1, 0.15) is 16.5 Å². The van der Waals surface area contributed by atoms with Crippen molar-refractivity contribution in [3.63, 3.8) is 0 Å². The second-order valence-electron chi connectivity index (χ2n) is 6.25. The van der Waals surface area contributed by atoms with Crippen molar-refractivity contribution < 1.29 is 9.53 Å². The standard InChI is InChI=1S/C18H23N3O2S/c1-12(19)13-6-5-9-21(10-13)18(22)15-11-24-17(20-15)14-7-3-4-8-16(14)23-2/h3-4,7-8,11-13H,5-6,9-10,19H2,1-2H3. The molecule has 0 saturated carbocycles. The van der Waals surface area contributed by atoms with Crippen molar-refractivity contribution in [3.8, 4) is 16.3 Å². The quantitative estimate of drug-likeness (QED) is 0.925. The van der Waals surface area contributed by atoms with Gasteiger partial charge in [-0.2, -0.15) is 0 Å². The van der Waals surface area contributed by atoms with Crippen molar-refractivity contribution in [2.75, 3.05) is 20.2 Å². The lowest BCUT2D eigenvalue weighted by Gasteiger charge is -2.34. The number of carbonyl (C=O) groups excluding carboxylic acids is 1. The van der Waals surface area contributed by atoms with Crippen molar-refractivity contribution in [1.82, 2.24) is 9.88 Å². The van der Waals surface area contributed by atoms with Crippen LogP contribution in [0.5, 0.6) is 5.75 Å². The molecule has 2 aromatic rings. The first-order chi connectivity index (χ1) is 11.6. The van der Waals surface area contributed by atoms with E-state index in [1.54, 1.807) is 7.11 Å². The number of thiazole rings is 1. The minimum absolute atomic E-state index is 0.00209. The maximum atomic E-state index is 12.8. The van der Waals surface area contributed by atoms with Crippen LogP contribution in [0.4, 0.5) is 0 Å². The SMILES string of the molecule is COc1ccccc1-c1nc(C(=O)N2CCCC(C(C)N)C2)cs1. The Morgan fingerprint density at radius 2 is 2.25 bits per heavy atom. The number of nitrogens with zero attached hydrogens (tertiary/aromatic N) is 2. The third-order valence-corrected chi connectivity index (χ3v) is 5.42. The van der Waals surface area contributed by atoms with Gasteiger partial charge in [0.15, 0.2) is 0 Å². The van der Waals surface area contributed by atoms with Crippen LogP contribution >= 0.6 is 11.3 Å². The van der Waals surface area contributed by atoms with Gasteiger partial charge in [0.25, 0.3) is 5.91 Å². The van der Waals surface area contributed by atoms with E-state index in [-0.39, 0.29) is 11.9 Å². The van der Waals surface area contributed by atoms with Crippen molar-refractivity contribution >= 4 is 17.2 Å². The molecule has 0 radical (unpaired) electrons. The molecule has 2 unspecified atom stereocenters. The number of amides is 1. The molecular formula is C18H23N3O2S.